The fraction of sp³-hybridized carbons (Fsp3) is 0.562. The summed E-state index contributed by atoms with van der Waals surface area (Å²) >= 11 is 0. The zero-order chi connectivity index (χ0) is 13.9. The number of carbonyl (C=O) groups is 1. The van der Waals surface area contributed by atoms with Crippen molar-refractivity contribution in [3.8, 4) is 0 Å². The lowest BCUT2D eigenvalue weighted by Crippen LogP contribution is -2.14. The summed E-state index contributed by atoms with van der Waals surface area (Å²) in [7, 11) is 1.38. The van der Waals surface area contributed by atoms with E-state index in [1.807, 2.05) is 12.1 Å². The van der Waals surface area contributed by atoms with Gasteiger partial charge in [0.05, 0.1) is 12.7 Å². The lowest BCUT2D eigenvalue weighted by molar-refractivity contribution is 0.0602. The van der Waals surface area contributed by atoms with Gasteiger partial charge in [0.2, 0.25) is 0 Å². The molecule has 3 aliphatic rings. The predicted octanol–water partition coefficient (Wildman–Crippen LogP) is 2.51. The van der Waals surface area contributed by atoms with Crippen molar-refractivity contribution in [2.24, 2.45) is 23.7 Å². The minimum atomic E-state index is -0.373. The average molecular weight is 272 g/mol. The van der Waals surface area contributed by atoms with Gasteiger partial charge < -0.3 is 15.8 Å². The van der Waals surface area contributed by atoms with E-state index in [1.165, 1.54) is 26.4 Å². The van der Waals surface area contributed by atoms with E-state index in [0.29, 0.717) is 17.3 Å². The van der Waals surface area contributed by atoms with Crippen LogP contribution in [0.2, 0.25) is 0 Å². The number of anilines is 2. The topological polar surface area (TPSA) is 64.3 Å². The van der Waals surface area contributed by atoms with E-state index >= 15 is 0 Å². The molecule has 0 saturated heterocycles. The van der Waals surface area contributed by atoms with Crippen LogP contribution >= 0.6 is 0 Å². The lowest BCUT2D eigenvalue weighted by Gasteiger charge is -2.13. The molecule has 0 aliphatic heterocycles. The van der Waals surface area contributed by atoms with Crippen molar-refractivity contribution in [2.45, 2.75) is 25.3 Å². The Morgan fingerprint density at radius 3 is 2.65 bits per heavy atom. The summed E-state index contributed by atoms with van der Waals surface area (Å²) in [5.74, 6) is 3.25. The van der Waals surface area contributed by atoms with Crippen molar-refractivity contribution in [1.29, 1.82) is 0 Å². The first-order valence-electron chi connectivity index (χ1n) is 7.43. The Hall–Kier alpha value is -1.71. The van der Waals surface area contributed by atoms with Gasteiger partial charge in [0.25, 0.3) is 0 Å². The molecule has 0 radical (unpaired) electrons. The van der Waals surface area contributed by atoms with Crippen LogP contribution < -0.4 is 11.1 Å². The van der Waals surface area contributed by atoms with Gasteiger partial charge in [0.15, 0.2) is 0 Å². The second kappa shape index (κ2) is 4.14. The summed E-state index contributed by atoms with van der Waals surface area (Å²) in [5, 5.41) is 3.60. The zero-order valence-corrected chi connectivity index (χ0v) is 11.6. The predicted molar refractivity (Wildman–Crippen MR) is 77.4 cm³/mol. The largest absolute Gasteiger partial charge is 0.465 e. The quantitative estimate of drug-likeness (QED) is 0.655. The number of nitrogens with two attached hydrogens (primary N) is 1. The van der Waals surface area contributed by atoms with Gasteiger partial charge in [-0.2, -0.15) is 0 Å². The molecule has 1 aromatic rings. The maximum atomic E-state index is 11.7. The van der Waals surface area contributed by atoms with E-state index in [9.17, 15) is 4.79 Å². The molecule has 0 heterocycles. The highest BCUT2D eigenvalue weighted by molar-refractivity contribution is 5.96. The van der Waals surface area contributed by atoms with Crippen molar-refractivity contribution in [1.82, 2.24) is 0 Å². The molecule has 0 spiro atoms. The van der Waals surface area contributed by atoms with Crippen LogP contribution in [0.1, 0.15) is 29.6 Å². The first-order chi connectivity index (χ1) is 9.69. The van der Waals surface area contributed by atoms with E-state index < -0.39 is 0 Å². The normalized spacial score (nSPS) is 36.5. The van der Waals surface area contributed by atoms with Crippen molar-refractivity contribution < 1.29 is 9.53 Å². The van der Waals surface area contributed by atoms with E-state index in [-0.39, 0.29) is 5.97 Å². The molecule has 2 bridgehead atoms. The zero-order valence-electron chi connectivity index (χ0n) is 11.6. The minimum absolute atomic E-state index is 0.373. The van der Waals surface area contributed by atoms with Gasteiger partial charge in [-0.05, 0) is 61.1 Å². The molecule has 4 nitrogen and oxygen atoms in total. The summed E-state index contributed by atoms with van der Waals surface area (Å²) in [6.45, 7) is 0. The number of carbonyl (C=O) groups excluding carboxylic acids is 1. The molecule has 3 fully saturated rings. The summed E-state index contributed by atoms with van der Waals surface area (Å²) in [5.41, 5.74) is 7.74. The lowest BCUT2D eigenvalue weighted by atomic mass is 10.0. The molecule has 4 atom stereocenters. The van der Waals surface area contributed by atoms with Crippen LogP contribution in [0.25, 0.3) is 0 Å². The maximum Gasteiger partial charge on any atom is 0.340 e. The number of fused-ring (bicyclic) bond motifs is 5. The van der Waals surface area contributed by atoms with Crippen LogP contribution in [0.15, 0.2) is 18.2 Å². The number of esters is 1. The van der Waals surface area contributed by atoms with Crippen molar-refractivity contribution in [3.63, 3.8) is 0 Å². The van der Waals surface area contributed by atoms with E-state index in [4.69, 9.17) is 10.5 Å². The number of hydrogen-bond donors (Lipinski definition) is 2. The minimum Gasteiger partial charge on any atom is -0.465 e. The first kappa shape index (κ1) is 12.1. The molecule has 0 amide bonds. The van der Waals surface area contributed by atoms with Crippen LogP contribution in [0.4, 0.5) is 11.4 Å². The number of hydrogen-bond acceptors (Lipinski definition) is 4. The Balaban J connectivity index is 1.52. The summed E-state index contributed by atoms with van der Waals surface area (Å²) in [6, 6.07) is 6.16. The number of rotatable bonds is 3. The standard InChI is InChI=1S/C16H20N2O2/c1-20-16(19)11-7-10(4-5-12(11)17)18-15-13-8-2-3-9(6-8)14(13)15/h4-5,7-9,13-15,18H,2-3,6,17H2,1H3. The number of benzene rings is 1. The van der Waals surface area contributed by atoms with Crippen LogP contribution in [0.3, 0.4) is 0 Å². The molecule has 1 aromatic carbocycles. The van der Waals surface area contributed by atoms with E-state index in [0.717, 1.165) is 29.4 Å². The van der Waals surface area contributed by atoms with Crippen LogP contribution in [-0.2, 0) is 4.74 Å². The number of ether oxygens (including phenoxy) is 1. The molecule has 4 heteroatoms. The highest BCUT2D eigenvalue weighted by Crippen LogP contribution is 2.66. The Morgan fingerprint density at radius 1 is 1.30 bits per heavy atom. The molecular weight excluding hydrogens is 252 g/mol. The first-order valence-corrected chi connectivity index (χ1v) is 7.43. The van der Waals surface area contributed by atoms with Crippen molar-refractivity contribution in [2.75, 3.05) is 18.2 Å². The van der Waals surface area contributed by atoms with Crippen molar-refractivity contribution in [3.05, 3.63) is 23.8 Å². The third-order valence-electron chi connectivity index (χ3n) is 5.53. The Labute approximate surface area is 118 Å². The van der Waals surface area contributed by atoms with Gasteiger partial charge in [-0.3, -0.25) is 0 Å². The van der Waals surface area contributed by atoms with Crippen molar-refractivity contribution >= 4 is 17.3 Å². The summed E-state index contributed by atoms with van der Waals surface area (Å²) in [4.78, 5) is 11.7. The van der Waals surface area contributed by atoms with E-state index in [2.05, 4.69) is 5.32 Å². The summed E-state index contributed by atoms with van der Waals surface area (Å²) in [6.07, 6.45) is 4.28. The van der Waals surface area contributed by atoms with Crippen LogP contribution in [-0.4, -0.2) is 19.1 Å². The van der Waals surface area contributed by atoms with Gasteiger partial charge in [-0.1, -0.05) is 0 Å². The molecule has 3 aliphatic carbocycles. The Morgan fingerprint density at radius 2 is 2.00 bits per heavy atom. The van der Waals surface area contributed by atoms with Crippen LogP contribution in [0.5, 0.6) is 0 Å². The summed E-state index contributed by atoms with van der Waals surface area (Å²) < 4.78 is 4.76. The molecule has 4 rings (SSSR count). The molecule has 106 valence electrons. The number of nitrogen functional groups attached to an aromatic ring is 1. The molecule has 20 heavy (non-hydrogen) atoms. The maximum absolute atomic E-state index is 11.7. The second-order valence-electron chi connectivity index (χ2n) is 6.45. The van der Waals surface area contributed by atoms with E-state index in [1.54, 1.807) is 6.07 Å². The third-order valence-corrected chi connectivity index (χ3v) is 5.53. The highest BCUT2D eigenvalue weighted by Gasteiger charge is 2.64. The van der Waals surface area contributed by atoms with Gasteiger partial charge >= 0.3 is 5.97 Å². The van der Waals surface area contributed by atoms with Gasteiger partial charge in [-0.25, -0.2) is 4.79 Å². The van der Waals surface area contributed by atoms with Crippen LogP contribution in [0, 0.1) is 23.7 Å². The SMILES string of the molecule is COC(=O)c1cc(NC2C3C4CCC(C4)C23)ccc1N. The molecule has 3 saturated carbocycles. The Bertz CT molecular complexity index is 556. The average Bonchev–Trinajstić information content (AvgIpc) is 2.85. The molecule has 3 N–H and O–H groups in total. The number of methoxy groups -OCH3 is 1. The van der Waals surface area contributed by atoms with Gasteiger partial charge in [0.1, 0.15) is 0 Å². The smallest absolute Gasteiger partial charge is 0.340 e. The fourth-order valence-electron chi connectivity index (χ4n) is 4.64. The molecular formula is C16H20N2O2. The second-order valence-corrected chi connectivity index (χ2v) is 6.45. The monoisotopic (exact) mass is 272 g/mol. The third kappa shape index (κ3) is 1.63. The molecule has 4 unspecified atom stereocenters. The molecule has 0 aromatic heterocycles. The Kier molecular flexibility index (Phi) is 2.50. The van der Waals surface area contributed by atoms with Gasteiger partial charge in [-0.15, -0.1) is 0 Å². The number of nitrogens with one attached hydrogen (secondary N) is 1. The fourth-order valence-corrected chi connectivity index (χ4v) is 4.64. The van der Waals surface area contributed by atoms with Gasteiger partial charge in [0, 0.05) is 17.4 Å². The highest BCUT2D eigenvalue weighted by atomic mass is 16.5.